The van der Waals surface area contributed by atoms with Gasteiger partial charge in [-0.2, -0.15) is 11.8 Å². The van der Waals surface area contributed by atoms with Crippen molar-refractivity contribution < 1.29 is 14.3 Å². The Morgan fingerprint density at radius 1 is 1.69 bits per heavy atom. The SMILES string of the molecule is CCOC(=O)C(C)(N)CSCC1CCCO1. The number of hydrogen-bond donors (Lipinski definition) is 1. The average Bonchev–Trinajstić information content (AvgIpc) is 2.70. The van der Waals surface area contributed by atoms with E-state index in [1.807, 2.05) is 0 Å². The van der Waals surface area contributed by atoms with Gasteiger partial charge in [-0.3, -0.25) is 4.79 Å². The molecule has 94 valence electrons. The van der Waals surface area contributed by atoms with Gasteiger partial charge in [-0.1, -0.05) is 0 Å². The van der Waals surface area contributed by atoms with Crippen LogP contribution in [-0.4, -0.2) is 42.3 Å². The predicted molar refractivity (Wildman–Crippen MR) is 65.5 cm³/mol. The number of carbonyl (C=O) groups is 1. The fourth-order valence-corrected chi connectivity index (χ4v) is 2.72. The molecule has 0 aromatic heterocycles. The Hall–Kier alpha value is -0.260. The fourth-order valence-electron chi connectivity index (χ4n) is 1.53. The highest BCUT2D eigenvalue weighted by molar-refractivity contribution is 7.99. The van der Waals surface area contributed by atoms with Gasteiger partial charge in [0.15, 0.2) is 0 Å². The van der Waals surface area contributed by atoms with Gasteiger partial charge in [-0.15, -0.1) is 0 Å². The molecule has 1 rings (SSSR count). The highest BCUT2D eigenvalue weighted by Crippen LogP contribution is 2.20. The maximum Gasteiger partial charge on any atom is 0.326 e. The topological polar surface area (TPSA) is 61.5 Å². The summed E-state index contributed by atoms with van der Waals surface area (Å²) in [4.78, 5) is 11.5. The molecule has 1 saturated heterocycles. The van der Waals surface area contributed by atoms with Gasteiger partial charge in [0.1, 0.15) is 5.54 Å². The zero-order chi connectivity index (χ0) is 12.0. The van der Waals surface area contributed by atoms with Crippen LogP contribution in [0.1, 0.15) is 26.7 Å². The van der Waals surface area contributed by atoms with Crippen molar-refractivity contribution in [1.29, 1.82) is 0 Å². The molecule has 0 aromatic carbocycles. The van der Waals surface area contributed by atoms with Gasteiger partial charge < -0.3 is 15.2 Å². The summed E-state index contributed by atoms with van der Waals surface area (Å²) in [5, 5.41) is 0. The lowest BCUT2D eigenvalue weighted by molar-refractivity contribution is -0.148. The minimum atomic E-state index is -0.890. The van der Waals surface area contributed by atoms with Gasteiger partial charge in [-0.05, 0) is 26.7 Å². The molecule has 0 saturated carbocycles. The van der Waals surface area contributed by atoms with Crippen LogP contribution in [0.5, 0.6) is 0 Å². The molecule has 0 amide bonds. The second kappa shape index (κ2) is 6.47. The van der Waals surface area contributed by atoms with Crippen molar-refractivity contribution in [3.63, 3.8) is 0 Å². The molecule has 0 aliphatic carbocycles. The summed E-state index contributed by atoms with van der Waals surface area (Å²) in [6, 6.07) is 0. The van der Waals surface area contributed by atoms with Gasteiger partial charge >= 0.3 is 5.97 Å². The van der Waals surface area contributed by atoms with Crippen LogP contribution in [0.25, 0.3) is 0 Å². The second-order valence-corrected chi connectivity index (χ2v) is 5.32. The smallest absolute Gasteiger partial charge is 0.326 e. The molecular formula is C11H21NO3S. The molecule has 2 unspecified atom stereocenters. The molecular weight excluding hydrogens is 226 g/mol. The van der Waals surface area contributed by atoms with E-state index < -0.39 is 5.54 Å². The van der Waals surface area contributed by atoms with Crippen LogP contribution in [0.15, 0.2) is 0 Å². The molecule has 16 heavy (non-hydrogen) atoms. The Kier molecular flexibility index (Phi) is 5.58. The molecule has 1 heterocycles. The van der Waals surface area contributed by atoms with E-state index in [1.165, 1.54) is 0 Å². The number of hydrogen-bond acceptors (Lipinski definition) is 5. The third-order valence-corrected chi connectivity index (χ3v) is 3.88. The van der Waals surface area contributed by atoms with Crippen molar-refractivity contribution in [2.75, 3.05) is 24.7 Å². The second-order valence-electron chi connectivity index (χ2n) is 4.29. The van der Waals surface area contributed by atoms with E-state index in [2.05, 4.69) is 0 Å². The number of rotatable bonds is 6. The first kappa shape index (κ1) is 13.8. The molecule has 0 radical (unpaired) electrons. The zero-order valence-corrected chi connectivity index (χ0v) is 10.8. The number of esters is 1. The Morgan fingerprint density at radius 3 is 3.00 bits per heavy atom. The fraction of sp³-hybridized carbons (Fsp3) is 0.909. The van der Waals surface area contributed by atoms with Crippen LogP contribution >= 0.6 is 11.8 Å². The lowest BCUT2D eigenvalue weighted by Gasteiger charge is -2.22. The number of ether oxygens (including phenoxy) is 2. The Balaban J connectivity index is 2.21. The minimum absolute atomic E-state index is 0.324. The van der Waals surface area contributed by atoms with Gasteiger partial charge in [-0.25, -0.2) is 0 Å². The van der Waals surface area contributed by atoms with Crippen molar-refractivity contribution in [2.45, 2.75) is 38.3 Å². The summed E-state index contributed by atoms with van der Waals surface area (Å²) in [5.41, 5.74) is 5.01. The van der Waals surface area contributed by atoms with Crippen LogP contribution in [0.3, 0.4) is 0 Å². The summed E-state index contributed by atoms with van der Waals surface area (Å²) < 4.78 is 10.4. The van der Waals surface area contributed by atoms with Crippen molar-refractivity contribution in [3.8, 4) is 0 Å². The van der Waals surface area contributed by atoms with Crippen LogP contribution in [-0.2, 0) is 14.3 Å². The van der Waals surface area contributed by atoms with Gasteiger partial charge in [0.05, 0.1) is 12.7 Å². The lowest BCUT2D eigenvalue weighted by Crippen LogP contribution is -2.48. The van der Waals surface area contributed by atoms with Crippen molar-refractivity contribution in [3.05, 3.63) is 0 Å². The summed E-state index contributed by atoms with van der Waals surface area (Å²) in [7, 11) is 0. The van der Waals surface area contributed by atoms with E-state index in [4.69, 9.17) is 15.2 Å². The van der Waals surface area contributed by atoms with E-state index in [-0.39, 0.29) is 5.97 Å². The molecule has 2 N–H and O–H groups in total. The maximum atomic E-state index is 11.5. The molecule has 1 aliphatic heterocycles. The van der Waals surface area contributed by atoms with E-state index in [0.29, 0.717) is 18.5 Å². The Bertz CT molecular complexity index is 227. The Morgan fingerprint density at radius 2 is 2.44 bits per heavy atom. The molecule has 5 heteroatoms. The third kappa shape index (κ3) is 4.31. The zero-order valence-electron chi connectivity index (χ0n) is 10.0. The van der Waals surface area contributed by atoms with Crippen molar-refractivity contribution in [1.82, 2.24) is 0 Å². The number of nitrogens with two attached hydrogens (primary N) is 1. The summed E-state index contributed by atoms with van der Waals surface area (Å²) in [6.07, 6.45) is 2.60. The molecule has 0 bridgehead atoms. The van der Waals surface area contributed by atoms with Gasteiger partial charge in [0.25, 0.3) is 0 Å². The quantitative estimate of drug-likeness (QED) is 0.714. The van der Waals surface area contributed by atoms with Gasteiger partial charge in [0, 0.05) is 18.1 Å². The lowest BCUT2D eigenvalue weighted by atomic mass is 10.1. The van der Waals surface area contributed by atoms with Crippen molar-refractivity contribution in [2.24, 2.45) is 5.73 Å². The molecule has 1 aliphatic rings. The highest BCUT2D eigenvalue weighted by atomic mass is 32.2. The molecule has 2 atom stereocenters. The predicted octanol–water partition coefficient (Wildman–Crippen LogP) is 1.18. The maximum absolute atomic E-state index is 11.5. The molecule has 0 spiro atoms. The van der Waals surface area contributed by atoms with Crippen LogP contribution < -0.4 is 5.73 Å². The van der Waals surface area contributed by atoms with E-state index in [9.17, 15) is 4.79 Å². The normalized spacial score (nSPS) is 24.1. The van der Waals surface area contributed by atoms with Gasteiger partial charge in [0.2, 0.25) is 0 Å². The monoisotopic (exact) mass is 247 g/mol. The molecule has 4 nitrogen and oxygen atoms in total. The summed E-state index contributed by atoms with van der Waals surface area (Å²) in [5.74, 6) is 1.16. The molecule has 0 aromatic rings. The largest absolute Gasteiger partial charge is 0.465 e. The first-order valence-electron chi connectivity index (χ1n) is 5.71. The highest BCUT2D eigenvalue weighted by Gasteiger charge is 2.30. The average molecular weight is 247 g/mol. The summed E-state index contributed by atoms with van der Waals surface area (Å²) >= 11 is 1.66. The van der Waals surface area contributed by atoms with E-state index in [1.54, 1.807) is 25.6 Å². The van der Waals surface area contributed by atoms with Crippen LogP contribution in [0.4, 0.5) is 0 Å². The van der Waals surface area contributed by atoms with E-state index >= 15 is 0 Å². The van der Waals surface area contributed by atoms with Crippen molar-refractivity contribution >= 4 is 17.7 Å². The first-order chi connectivity index (χ1) is 7.56. The molecule has 1 fully saturated rings. The number of carbonyl (C=O) groups excluding carboxylic acids is 1. The van der Waals surface area contributed by atoms with Crippen LogP contribution in [0.2, 0.25) is 0 Å². The first-order valence-corrected chi connectivity index (χ1v) is 6.87. The van der Waals surface area contributed by atoms with E-state index in [0.717, 1.165) is 25.2 Å². The number of thioether (sulfide) groups is 1. The van der Waals surface area contributed by atoms with Crippen LogP contribution in [0, 0.1) is 0 Å². The third-order valence-electron chi connectivity index (χ3n) is 2.47. The summed E-state index contributed by atoms with van der Waals surface area (Å²) in [6.45, 7) is 4.74. The Labute approximate surface area is 101 Å². The minimum Gasteiger partial charge on any atom is -0.465 e. The standard InChI is InChI=1S/C11H21NO3S/c1-3-14-10(13)11(2,12)8-16-7-9-5-4-6-15-9/h9H,3-8,12H2,1-2H3.